The molecule has 0 aliphatic carbocycles. The van der Waals surface area contributed by atoms with Crippen LogP contribution in [-0.2, 0) is 0 Å². The summed E-state index contributed by atoms with van der Waals surface area (Å²) in [7, 11) is 0. The summed E-state index contributed by atoms with van der Waals surface area (Å²) >= 11 is 1.73. The van der Waals surface area contributed by atoms with Gasteiger partial charge in [0.25, 0.3) is 0 Å². The van der Waals surface area contributed by atoms with E-state index < -0.39 is 0 Å². The van der Waals surface area contributed by atoms with Crippen molar-refractivity contribution < 1.29 is 0 Å². The van der Waals surface area contributed by atoms with E-state index in [9.17, 15) is 0 Å². The van der Waals surface area contributed by atoms with Crippen molar-refractivity contribution in [1.82, 2.24) is 4.90 Å². The van der Waals surface area contributed by atoms with Crippen LogP contribution in [0.15, 0.2) is 46.6 Å². The van der Waals surface area contributed by atoms with Gasteiger partial charge in [-0.2, -0.15) is 0 Å². The molecule has 70 valence electrons. The molecule has 0 radical (unpaired) electrons. The maximum absolute atomic E-state index is 3.94. The highest BCUT2D eigenvalue weighted by Crippen LogP contribution is 2.34. The Balaban J connectivity index is 0.000000396. The van der Waals surface area contributed by atoms with E-state index in [-0.39, 0.29) is 0 Å². The van der Waals surface area contributed by atoms with Gasteiger partial charge in [0.05, 0.1) is 5.03 Å². The van der Waals surface area contributed by atoms with E-state index in [1.54, 1.807) is 11.8 Å². The minimum absolute atomic E-state index is 1.12. The van der Waals surface area contributed by atoms with E-state index in [4.69, 9.17) is 0 Å². The maximum Gasteiger partial charge on any atom is 0.0837 e. The van der Waals surface area contributed by atoms with Crippen molar-refractivity contribution in [2.24, 2.45) is 0 Å². The van der Waals surface area contributed by atoms with Crippen LogP contribution in [-0.4, -0.2) is 4.90 Å². The number of fused-ring (bicyclic) bond motifs is 1. The molecule has 1 nitrogen and oxygen atoms in total. The SMILES string of the molecule is C=C1C=C2SC=CN2C=C1C.CC. The fraction of sp³-hybridized carbons (Fsp3) is 0.273. The third kappa shape index (κ3) is 2.07. The fourth-order valence-electron chi connectivity index (χ4n) is 1.07. The summed E-state index contributed by atoms with van der Waals surface area (Å²) in [6, 6.07) is 0. The van der Waals surface area contributed by atoms with E-state index in [0.29, 0.717) is 0 Å². The third-order valence-electron chi connectivity index (χ3n) is 1.80. The molecule has 2 aliphatic heterocycles. The van der Waals surface area contributed by atoms with Gasteiger partial charge in [0.1, 0.15) is 0 Å². The topological polar surface area (TPSA) is 3.24 Å². The number of allylic oxidation sites excluding steroid dienone is 3. The Morgan fingerprint density at radius 1 is 1.38 bits per heavy atom. The third-order valence-corrected chi connectivity index (χ3v) is 2.63. The van der Waals surface area contributed by atoms with Crippen molar-refractivity contribution in [3.8, 4) is 0 Å². The Kier molecular flexibility index (Phi) is 3.43. The molecule has 0 bridgehead atoms. The molecule has 13 heavy (non-hydrogen) atoms. The zero-order valence-electron chi connectivity index (χ0n) is 8.37. The monoisotopic (exact) mass is 193 g/mol. The summed E-state index contributed by atoms with van der Waals surface area (Å²) in [5.41, 5.74) is 2.35. The van der Waals surface area contributed by atoms with Crippen LogP contribution >= 0.6 is 11.8 Å². The summed E-state index contributed by atoms with van der Waals surface area (Å²) in [4.78, 5) is 2.12. The quantitative estimate of drug-likeness (QED) is 0.575. The summed E-state index contributed by atoms with van der Waals surface area (Å²) in [6.07, 6.45) is 6.28. The standard InChI is InChI=1S/C9H9NS.C2H6/c1-7-5-9-10(3-4-11-9)6-8(7)2;1-2/h3-6H,1H2,2H3;1-2H3. The molecule has 0 fully saturated rings. The van der Waals surface area contributed by atoms with Crippen LogP contribution in [0.5, 0.6) is 0 Å². The maximum atomic E-state index is 3.94. The molecular weight excluding hydrogens is 178 g/mol. The van der Waals surface area contributed by atoms with Crippen molar-refractivity contribution in [2.75, 3.05) is 0 Å². The summed E-state index contributed by atoms with van der Waals surface area (Å²) in [6.45, 7) is 10.0. The Labute approximate surface area is 84.5 Å². The minimum atomic E-state index is 1.12. The molecule has 0 saturated heterocycles. The predicted molar refractivity (Wildman–Crippen MR) is 60.9 cm³/mol. The Morgan fingerprint density at radius 2 is 2.08 bits per heavy atom. The molecule has 0 N–H and O–H groups in total. The highest BCUT2D eigenvalue weighted by atomic mass is 32.2. The van der Waals surface area contributed by atoms with Crippen LogP contribution < -0.4 is 0 Å². The van der Waals surface area contributed by atoms with Gasteiger partial charge in [-0.3, -0.25) is 0 Å². The fourth-order valence-corrected chi connectivity index (χ4v) is 1.85. The first-order chi connectivity index (χ1) is 6.27. The van der Waals surface area contributed by atoms with E-state index in [1.165, 1.54) is 10.6 Å². The van der Waals surface area contributed by atoms with E-state index in [0.717, 1.165) is 5.57 Å². The second-order valence-electron chi connectivity index (χ2n) is 2.63. The molecule has 2 rings (SSSR count). The molecule has 0 saturated carbocycles. The largest absolute Gasteiger partial charge is 0.317 e. The average molecular weight is 193 g/mol. The second kappa shape index (κ2) is 4.38. The van der Waals surface area contributed by atoms with Crippen molar-refractivity contribution in [3.63, 3.8) is 0 Å². The molecule has 0 aromatic heterocycles. The van der Waals surface area contributed by atoms with Crippen molar-refractivity contribution in [1.29, 1.82) is 0 Å². The van der Waals surface area contributed by atoms with Crippen LogP contribution in [0.3, 0.4) is 0 Å². The first kappa shape index (κ1) is 10.2. The van der Waals surface area contributed by atoms with Crippen molar-refractivity contribution in [3.05, 3.63) is 46.6 Å². The van der Waals surface area contributed by atoms with E-state index in [2.05, 4.69) is 42.3 Å². The van der Waals surface area contributed by atoms with Gasteiger partial charge in [-0.05, 0) is 29.6 Å². The Hall–Kier alpha value is -0.890. The lowest BCUT2D eigenvalue weighted by atomic mass is 10.1. The number of nitrogens with zero attached hydrogens (tertiary/aromatic N) is 1. The summed E-state index contributed by atoms with van der Waals surface area (Å²) in [5.74, 6) is 0. The highest BCUT2D eigenvalue weighted by Gasteiger charge is 2.15. The molecule has 0 spiro atoms. The van der Waals surface area contributed by atoms with Crippen LogP contribution in [0.4, 0.5) is 0 Å². The smallest absolute Gasteiger partial charge is 0.0837 e. The van der Waals surface area contributed by atoms with Gasteiger partial charge in [0.2, 0.25) is 0 Å². The first-order valence-corrected chi connectivity index (χ1v) is 5.36. The van der Waals surface area contributed by atoms with Gasteiger partial charge in [-0.25, -0.2) is 0 Å². The zero-order chi connectivity index (χ0) is 9.84. The van der Waals surface area contributed by atoms with Gasteiger partial charge >= 0.3 is 0 Å². The first-order valence-electron chi connectivity index (χ1n) is 4.48. The summed E-state index contributed by atoms with van der Waals surface area (Å²) in [5, 5.41) is 3.33. The Morgan fingerprint density at radius 3 is 2.77 bits per heavy atom. The number of rotatable bonds is 0. The average Bonchev–Trinajstić information content (AvgIpc) is 2.56. The molecule has 2 heterocycles. The van der Waals surface area contributed by atoms with Crippen LogP contribution in [0.25, 0.3) is 0 Å². The van der Waals surface area contributed by atoms with Gasteiger partial charge in [0.15, 0.2) is 0 Å². The molecular formula is C11H15NS. The lowest BCUT2D eigenvalue weighted by Crippen LogP contribution is -2.07. The van der Waals surface area contributed by atoms with Crippen LogP contribution in [0, 0.1) is 0 Å². The molecule has 0 unspecified atom stereocenters. The Bertz CT molecular complexity index is 297. The molecule has 2 aliphatic rings. The molecule has 2 heteroatoms. The van der Waals surface area contributed by atoms with Gasteiger partial charge in [-0.1, -0.05) is 32.2 Å². The number of hydrogen-bond donors (Lipinski definition) is 0. The second-order valence-corrected chi connectivity index (χ2v) is 3.56. The summed E-state index contributed by atoms with van der Waals surface area (Å²) < 4.78 is 0. The number of thioether (sulfide) groups is 1. The predicted octanol–water partition coefficient (Wildman–Crippen LogP) is 3.85. The normalized spacial score (nSPS) is 18.7. The van der Waals surface area contributed by atoms with E-state index in [1.807, 2.05) is 13.8 Å². The van der Waals surface area contributed by atoms with Crippen molar-refractivity contribution in [2.45, 2.75) is 20.8 Å². The molecule has 0 amide bonds. The number of hydrogen-bond acceptors (Lipinski definition) is 2. The lowest BCUT2D eigenvalue weighted by Gasteiger charge is -2.19. The molecule has 0 atom stereocenters. The van der Waals surface area contributed by atoms with E-state index >= 15 is 0 Å². The van der Waals surface area contributed by atoms with Crippen molar-refractivity contribution >= 4 is 11.8 Å². The van der Waals surface area contributed by atoms with Crippen LogP contribution in [0.1, 0.15) is 20.8 Å². The molecule has 0 aromatic carbocycles. The molecule has 0 aromatic rings. The van der Waals surface area contributed by atoms with Gasteiger partial charge in [0, 0.05) is 12.4 Å². The minimum Gasteiger partial charge on any atom is -0.317 e. The zero-order valence-corrected chi connectivity index (χ0v) is 9.19. The van der Waals surface area contributed by atoms with Gasteiger partial charge < -0.3 is 4.90 Å². The lowest BCUT2D eigenvalue weighted by molar-refractivity contribution is 0.671. The van der Waals surface area contributed by atoms with Crippen LogP contribution in [0.2, 0.25) is 0 Å². The highest BCUT2D eigenvalue weighted by molar-refractivity contribution is 8.06. The van der Waals surface area contributed by atoms with Gasteiger partial charge in [-0.15, -0.1) is 0 Å².